The Kier molecular flexibility index (Phi) is 3.57. The van der Waals surface area contributed by atoms with Gasteiger partial charge in [0.2, 0.25) is 5.82 Å². The van der Waals surface area contributed by atoms with Gasteiger partial charge in [0.15, 0.2) is 23.2 Å². The molecule has 0 bridgehead atoms. The number of benzene rings is 1. The molecule has 0 heterocycles. The third-order valence-electron chi connectivity index (χ3n) is 1.74. The highest BCUT2D eigenvalue weighted by atomic mass is 35.5. The Morgan fingerprint density at radius 1 is 1.40 bits per heavy atom. The standard InChI is InChI=1S/C9H6ClF3O2/c1-15-9-7(12)4(6(14)3-10)2-5(11)8(9)13/h2H,3H2,1H3. The zero-order chi connectivity index (χ0) is 11.6. The van der Waals surface area contributed by atoms with Crippen molar-refractivity contribution in [2.75, 3.05) is 13.0 Å². The molecular formula is C9H6ClF3O2. The van der Waals surface area contributed by atoms with E-state index in [1.807, 2.05) is 0 Å². The maximum atomic E-state index is 13.3. The summed E-state index contributed by atoms with van der Waals surface area (Å²) in [5.74, 6) is -6.37. The molecule has 0 fully saturated rings. The summed E-state index contributed by atoms with van der Waals surface area (Å²) in [4.78, 5) is 11.0. The molecule has 0 aliphatic rings. The Morgan fingerprint density at radius 3 is 2.47 bits per heavy atom. The van der Waals surface area contributed by atoms with E-state index >= 15 is 0 Å². The van der Waals surface area contributed by atoms with Crippen LogP contribution in [0.5, 0.6) is 5.75 Å². The second-order valence-electron chi connectivity index (χ2n) is 2.62. The zero-order valence-corrected chi connectivity index (χ0v) is 8.37. The van der Waals surface area contributed by atoms with Gasteiger partial charge in [-0.2, -0.15) is 4.39 Å². The van der Waals surface area contributed by atoms with Crippen LogP contribution in [-0.2, 0) is 0 Å². The lowest BCUT2D eigenvalue weighted by molar-refractivity contribution is 0.101. The van der Waals surface area contributed by atoms with Crippen molar-refractivity contribution >= 4 is 17.4 Å². The highest BCUT2D eigenvalue weighted by Gasteiger charge is 2.22. The largest absolute Gasteiger partial charge is 0.491 e. The Morgan fingerprint density at radius 2 is 2.00 bits per heavy atom. The Balaban J connectivity index is 3.43. The minimum absolute atomic E-state index is 0.456. The molecule has 0 aromatic heterocycles. The second kappa shape index (κ2) is 4.53. The van der Waals surface area contributed by atoms with Crippen LogP contribution in [0.15, 0.2) is 6.07 Å². The number of ether oxygens (including phenoxy) is 1. The van der Waals surface area contributed by atoms with Crippen LogP contribution in [0.4, 0.5) is 13.2 Å². The van der Waals surface area contributed by atoms with Crippen LogP contribution in [0.1, 0.15) is 10.4 Å². The van der Waals surface area contributed by atoms with E-state index in [0.29, 0.717) is 6.07 Å². The molecule has 0 saturated heterocycles. The van der Waals surface area contributed by atoms with Gasteiger partial charge in [0.05, 0.1) is 18.6 Å². The number of halogens is 4. The van der Waals surface area contributed by atoms with Crippen molar-refractivity contribution in [2.45, 2.75) is 0 Å². The molecule has 0 radical (unpaired) electrons. The SMILES string of the molecule is COc1c(F)c(F)cc(C(=O)CCl)c1F. The fourth-order valence-corrected chi connectivity index (χ4v) is 1.18. The number of carbonyl (C=O) groups is 1. The van der Waals surface area contributed by atoms with Gasteiger partial charge in [-0.25, -0.2) is 8.78 Å². The molecule has 0 aliphatic heterocycles. The van der Waals surface area contributed by atoms with Gasteiger partial charge in [0.1, 0.15) is 0 Å². The van der Waals surface area contributed by atoms with Crippen LogP contribution in [0.25, 0.3) is 0 Å². The second-order valence-corrected chi connectivity index (χ2v) is 2.89. The topological polar surface area (TPSA) is 26.3 Å². The minimum atomic E-state index is -1.47. The first-order valence-electron chi connectivity index (χ1n) is 3.83. The first-order valence-corrected chi connectivity index (χ1v) is 4.37. The van der Waals surface area contributed by atoms with E-state index < -0.39 is 40.4 Å². The predicted molar refractivity (Wildman–Crippen MR) is 47.9 cm³/mol. The number of methoxy groups -OCH3 is 1. The molecule has 0 saturated carbocycles. The van der Waals surface area contributed by atoms with Crippen molar-refractivity contribution in [3.63, 3.8) is 0 Å². The molecule has 1 aromatic rings. The van der Waals surface area contributed by atoms with Crippen LogP contribution in [0.2, 0.25) is 0 Å². The van der Waals surface area contributed by atoms with Crippen molar-refractivity contribution in [2.24, 2.45) is 0 Å². The normalized spacial score (nSPS) is 10.2. The smallest absolute Gasteiger partial charge is 0.203 e. The summed E-state index contributed by atoms with van der Waals surface area (Å²) in [5.41, 5.74) is -0.624. The number of rotatable bonds is 3. The average molecular weight is 239 g/mol. The summed E-state index contributed by atoms with van der Waals surface area (Å²) in [6, 6.07) is 0.456. The maximum absolute atomic E-state index is 13.3. The van der Waals surface area contributed by atoms with Crippen molar-refractivity contribution in [3.05, 3.63) is 29.1 Å². The lowest BCUT2D eigenvalue weighted by Gasteiger charge is -2.07. The first kappa shape index (κ1) is 11.8. The quantitative estimate of drug-likeness (QED) is 0.460. The molecule has 82 valence electrons. The third kappa shape index (κ3) is 2.07. The number of hydrogen-bond acceptors (Lipinski definition) is 2. The number of alkyl halides is 1. The molecule has 6 heteroatoms. The fourth-order valence-electron chi connectivity index (χ4n) is 1.03. The highest BCUT2D eigenvalue weighted by Crippen LogP contribution is 2.27. The van der Waals surface area contributed by atoms with Crippen LogP contribution >= 0.6 is 11.6 Å². The first-order chi connectivity index (χ1) is 7.02. The number of hydrogen-bond donors (Lipinski definition) is 0. The van der Waals surface area contributed by atoms with E-state index in [0.717, 1.165) is 7.11 Å². The molecule has 0 spiro atoms. The van der Waals surface area contributed by atoms with E-state index in [4.69, 9.17) is 11.6 Å². The van der Waals surface area contributed by atoms with E-state index in [-0.39, 0.29) is 0 Å². The third-order valence-corrected chi connectivity index (χ3v) is 1.98. The number of ketones is 1. The Labute approximate surface area is 88.6 Å². The van der Waals surface area contributed by atoms with Gasteiger partial charge < -0.3 is 4.74 Å². The molecule has 15 heavy (non-hydrogen) atoms. The van der Waals surface area contributed by atoms with Gasteiger partial charge in [-0.15, -0.1) is 11.6 Å². The van der Waals surface area contributed by atoms with Crippen molar-refractivity contribution in [3.8, 4) is 5.75 Å². The monoisotopic (exact) mass is 238 g/mol. The van der Waals surface area contributed by atoms with Gasteiger partial charge in [0, 0.05) is 0 Å². The number of Topliss-reactive ketones (excluding diaryl/α,β-unsaturated/α-hetero) is 1. The van der Waals surface area contributed by atoms with Gasteiger partial charge >= 0.3 is 0 Å². The summed E-state index contributed by atoms with van der Waals surface area (Å²) in [7, 11) is 0.968. The summed E-state index contributed by atoms with van der Waals surface area (Å²) in [5, 5.41) is 0. The molecule has 0 N–H and O–H groups in total. The molecule has 0 atom stereocenters. The van der Waals surface area contributed by atoms with E-state index in [1.54, 1.807) is 0 Å². The van der Waals surface area contributed by atoms with Gasteiger partial charge in [-0.1, -0.05) is 0 Å². The molecule has 0 amide bonds. The van der Waals surface area contributed by atoms with E-state index in [9.17, 15) is 18.0 Å². The average Bonchev–Trinajstić information content (AvgIpc) is 2.23. The summed E-state index contributed by atoms with van der Waals surface area (Å²) in [6.07, 6.45) is 0. The van der Waals surface area contributed by atoms with Crippen molar-refractivity contribution < 1.29 is 22.7 Å². The van der Waals surface area contributed by atoms with Crippen LogP contribution < -0.4 is 4.74 Å². The van der Waals surface area contributed by atoms with Crippen molar-refractivity contribution in [1.29, 1.82) is 0 Å². The Bertz CT molecular complexity index is 407. The van der Waals surface area contributed by atoms with Gasteiger partial charge in [-0.05, 0) is 6.07 Å². The van der Waals surface area contributed by atoms with Gasteiger partial charge in [-0.3, -0.25) is 4.79 Å². The lowest BCUT2D eigenvalue weighted by atomic mass is 10.1. The number of carbonyl (C=O) groups excluding carboxylic acids is 1. The molecule has 1 aromatic carbocycles. The van der Waals surface area contributed by atoms with Crippen LogP contribution in [0, 0.1) is 17.5 Å². The van der Waals surface area contributed by atoms with E-state index in [1.165, 1.54) is 0 Å². The van der Waals surface area contributed by atoms with Gasteiger partial charge in [0.25, 0.3) is 0 Å². The highest BCUT2D eigenvalue weighted by molar-refractivity contribution is 6.30. The summed E-state index contributed by atoms with van der Waals surface area (Å²) in [6.45, 7) is 0. The van der Waals surface area contributed by atoms with Crippen molar-refractivity contribution in [1.82, 2.24) is 0 Å². The molecular weight excluding hydrogens is 233 g/mol. The molecule has 1 rings (SSSR count). The van der Waals surface area contributed by atoms with Crippen LogP contribution in [-0.4, -0.2) is 18.8 Å². The summed E-state index contributed by atoms with van der Waals surface area (Å²) >= 11 is 5.17. The van der Waals surface area contributed by atoms with E-state index in [2.05, 4.69) is 4.74 Å². The zero-order valence-electron chi connectivity index (χ0n) is 7.61. The predicted octanol–water partition coefficient (Wildman–Crippen LogP) is 2.53. The summed E-state index contributed by atoms with van der Waals surface area (Å²) < 4.78 is 43.5. The Hall–Kier alpha value is -1.23. The van der Waals surface area contributed by atoms with Crippen LogP contribution in [0.3, 0.4) is 0 Å². The molecule has 0 unspecified atom stereocenters. The minimum Gasteiger partial charge on any atom is -0.491 e. The molecule has 2 nitrogen and oxygen atoms in total. The molecule has 0 aliphatic carbocycles. The fraction of sp³-hybridized carbons (Fsp3) is 0.222. The maximum Gasteiger partial charge on any atom is 0.203 e. The lowest BCUT2D eigenvalue weighted by Crippen LogP contribution is -2.08.